The van der Waals surface area contributed by atoms with Crippen LogP contribution >= 0.6 is 0 Å². The quantitative estimate of drug-likeness (QED) is 0.585. The maximum atomic E-state index is 4.49. The van der Waals surface area contributed by atoms with Gasteiger partial charge in [0.2, 0.25) is 0 Å². The van der Waals surface area contributed by atoms with E-state index in [1.54, 1.807) is 0 Å². The number of pyridine rings is 3. The van der Waals surface area contributed by atoms with Gasteiger partial charge < -0.3 is 0 Å². The van der Waals surface area contributed by atoms with Crippen LogP contribution in [0.5, 0.6) is 0 Å². The molecular formula is C21H25N5. The molecule has 0 saturated heterocycles. The average molecular weight is 347 g/mol. The Morgan fingerprint density at radius 3 is 1.50 bits per heavy atom. The molecule has 3 aromatic heterocycles. The van der Waals surface area contributed by atoms with Crippen LogP contribution in [0.15, 0.2) is 73.2 Å². The van der Waals surface area contributed by atoms with Gasteiger partial charge in [-0.2, -0.15) is 0 Å². The monoisotopic (exact) mass is 347 g/mol. The summed E-state index contributed by atoms with van der Waals surface area (Å²) >= 11 is 0. The van der Waals surface area contributed by atoms with Crippen molar-refractivity contribution in [3.8, 4) is 0 Å². The number of aromatic nitrogens is 3. The number of hydrogen-bond donors (Lipinski definition) is 0. The molecule has 1 atom stereocenters. The third-order valence-corrected chi connectivity index (χ3v) is 4.49. The molecule has 0 aromatic carbocycles. The minimum Gasteiger partial charge on any atom is -0.285 e. The largest absolute Gasteiger partial charge is 0.285 e. The van der Waals surface area contributed by atoms with Crippen molar-refractivity contribution in [1.82, 2.24) is 24.8 Å². The summed E-state index contributed by atoms with van der Waals surface area (Å²) in [4.78, 5) is 18.1. The van der Waals surface area contributed by atoms with Gasteiger partial charge in [0.15, 0.2) is 0 Å². The Kier molecular flexibility index (Phi) is 6.41. The highest BCUT2D eigenvalue weighted by molar-refractivity contribution is 5.07. The summed E-state index contributed by atoms with van der Waals surface area (Å²) in [6.45, 7) is 4.55. The van der Waals surface area contributed by atoms with Crippen LogP contribution in [-0.2, 0) is 19.6 Å². The van der Waals surface area contributed by atoms with Crippen molar-refractivity contribution in [3.05, 3.63) is 90.3 Å². The maximum Gasteiger partial charge on any atom is 0.0601 e. The Morgan fingerprint density at radius 2 is 1.12 bits per heavy atom. The van der Waals surface area contributed by atoms with Gasteiger partial charge in [-0.05, 0) is 50.4 Å². The normalized spacial score (nSPS) is 12.5. The lowest BCUT2D eigenvalue weighted by atomic mass is 10.2. The Morgan fingerprint density at radius 1 is 0.692 bits per heavy atom. The topological polar surface area (TPSA) is 45.2 Å². The van der Waals surface area contributed by atoms with E-state index < -0.39 is 0 Å². The van der Waals surface area contributed by atoms with Crippen molar-refractivity contribution in [1.29, 1.82) is 0 Å². The van der Waals surface area contributed by atoms with Gasteiger partial charge in [0.05, 0.1) is 23.2 Å². The molecule has 0 fully saturated rings. The van der Waals surface area contributed by atoms with Crippen LogP contribution in [0.25, 0.3) is 0 Å². The van der Waals surface area contributed by atoms with Gasteiger partial charge in [-0.25, -0.2) is 0 Å². The first-order valence-corrected chi connectivity index (χ1v) is 8.86. The second-order valence-corrected chi connectivity index (χ2v) is 6.42. The number of hydrogen-bond acceptors (Lipinski definition) is 5. The lowest BCUT2D eigenvalue weighted by molar-refractivity contribution is 0.0533. The Labute approximate surface area is 155 Å². The van der Waals surface area contributed by atoms with Gasteiger partial charge in [0, 0.05) is 38.2 Å². The molecule has 0 N–H and O–H groups in total. The molecule has 0 saturated carbocycles. The lowest BCUT2D eigenvalue weighted by Gasteiger charge is -2.35. The predicted octanol–water partition coefficient (Wildman–Crippen LogP) is 3.35. The molecule has 0 aliphatic heterocycles. The lowest BCUT2D eigenvalue weighted by Crippen LogP contribution is -2.43. The first kappa shape index (κ1) is 18.2. The number of rotatable bonds is 8. The van der Waals surface area contributed by atoms with E-state index >= 15 is 0 Å². The molecule has 0 bridgehead atoms. The average Bonchev–Trinajstić information content (AvgIpc) is 2.69. The van der Waals surface area contributed by atoms with Crippen molar-refractivity contribution in [3.63, 3.8) is 0 Å². The third kappa shape index (κ3) is 5.18. The van der Waals surface area contributed by atoms with Crippen LogP contribution < -0.4 is 0 Å². The fourth-order valence-electron chi connectivity index (χ4n) is 2.88. The van der Waals surface area contributed by atoms with Gasteiger partial charge in [-0.3, -0.25) is 24.8 Å². The van der Waals surface area contributed by atoms with Gasteiger partial charge in [-0.15, -0.1) is 0 Å². The van der Waals surface area contributed by atoms with E-state index in [4.69, 9.17) is 0 Å². The van der Waals surface area contributed by atoms with Crippen molar-refractivity contribution in [2.75, 3.05) is 7.05 Å². The highest BCUT2D eigenvalue weighted by atomic mass is 15.3. The molecule has 0 spiro atoms. The van der Waals surface area contributed by atoms with Crippen molar-refractivity contribution in [2.45, 2.75) is 32.7 Å². The van der Waals surface area contributed by atoms with E-state index in [1.165, 1.54) is 0 Å². The molecule has 0 aliphatic rings. The summed E-state index contributed by atoms with van der Waals surface area (Å²) in [5, 5.41) is 0. The predicted molar refractivity (Wildman–Crippen MR) is 103 cm³/mol. The van der Waals surface area contributed by atoms with Gasteiger partial charge >= 0.3 is 0 Å². The van der Waals surface area contributed by atoms with E-state index in [2.05, 4.69) is 56.9 Å². The smallest absolute Gasteiger partial charge is 0.0601 e. The van der Waals surface area contributed by atoms with Gasteiger partial charge in [0.1, 0.15) is 0 Å². The first-order valence-electron chi connectivity index (χ1n) is 8.86. The zero-order valence-corrected chi connectivity index (χ0v) is 15.4. The second kappa shape index (κ2) is 9.17. The fraction of sp³-hybridized carbons (Fsp3) is 0.286. The Bertz CT molecular complexity index is 723. The van der Waals surface area contributed by atoms with Crippen LogP contribution in [0.1, 0.15) is 24.0 Å². The molecule has 0 radical (unpaired) electrons. The molecule has 26 heavy (non-hydrogen) atoms. The second-order valence-electron chi connectivity index (χ2n) is 6.42. The summed E-state index contributed by atoms with van der Waals surface area (Å²) in [6, 6.07) is 18.1. The number of nitrogens with zero attached hydrogens (tertiary/aromatic N) is 5. The highest BCUT2D eigenvalue weighted by Crippen LogP contribution is 2.14. The molecular weight excluding hydrogens is 322 g/mol. The molecule has 3 rings (SSSR count). The van der Waals surface area contributed by atoms with Crippen LogP contribution in [0.4, 0.5) is 0 Å². The molecule has 0 aliphatic carbocycles. The van der Waals surface area contributed by atoms with E-state index in [0.717, 1.165) is 36.7 Å². The van der Waals surface area contributed by atoms with Crippen molar-refractivity contribution >= 4 is 0 Å². The SMILES string of the molecule is CC(N(C)Cc1ccccn1)N(Cc1ccccn1)Cc1ccccn1. The standard InChI is InChI=1S/C21H25N5/c1-18(25(2)15-19-9-3-6-12-22-19)26(16-20-10-4-7-13-23-20)17-21-11-5-8-14-24-21/h3-14,18H,15-17H2,1-2H3. The Hall–Kier alpha value is -2.63. The van der Waals surface area contributed by atoms with Crippen LogP contribution in [0.3, 0.4) is 0 Å². The molecule has 5 nitrogen and oxygen atoms in total. The third-order valence-electron chi connectivity index (χ3n) is 4.49. The fourth-order valence-corrected chi connectivity index (χ4v) is 2.88. The summed E-state index contributed by atoms with van der Waals surface area (Å²) in [5.41, 5.74) is 3.18. The molecule has 3 aromatic rings. The molecule has 3 heterocycles. The summed E-state index contributed by atoms with van der Waals surface area (Å²) < 4.78 is 0. The zero-order chi connectivity index (χ0) is 18.2. The van der Waals surface area contributed by atoms with E-state index in [-0.39, 0.29) is 6.17 Å². The minimum absolute atomic E-state index is 0.209. The first-order chi connectivity index (χ1) is 12.7. The molecule has 134 valence electrons. The van der Waals surface area contributed by atoms with Crippen molar-refractivity contribution in [2.24, 2.45) is 0 Å². The summed E-state index contributed by atoms with van der Waals surface area (Å²) in [6.07, 6.45) is 5.74. The van der Waals surface area contributed by atoms with Gasteiger partial charge in [-0.1, -0.05) is 18.2 Å². The van der Waals surface area contributed by atoms with Crippen LogP contribution in [0.2, 0.25) is 0 Å². The molecule has 1 unspecified atom stereocenters. The highest BCUT2D eigenvalue weighted by Gasteiger charge is 2.20. The molecule has 0 amide bonds. The maximum absolute atomic E-state index is 4.49. The van der Waals surface area contributed by atoms with Gasteiger partial charge in [0.25, 0.3) is 0 Å². The van der Waals surface area contributed by atoms with E-state index in [0.29, 0.717) is 0 Å². The van der Waals surface area contributed by atoms with E-state index in [1.807, 2.05) is 55.0 Å². The zero-order valence-electron chi connectivity index (χ0n) is 15.4. The van der Waals surface area contributed by atoms with E-state index in [9.17, 15) is 0 Å². The summed E-state index contributed by atoms with van der Waals surface area (Å²) in [7, 11) is 2.13. The van der Waals surface area contributed by atoms with Crippen molar-refractivity contribution < 1.29 is 0 Å². The van der Waals surface area contributed by atoms with Crippen LogP contribution in [-0.4, -0.2) is 38.0 Å². The molecule has 5 heteroatoms. The Balaban J connectivity index is 1.74. The minimum atomic E-state index is 0.209. The summed E-state index contributed by atoms with van der Waals surface area (Å²) in [5.74, 6) is 0. The van der Waals surface area contributed by atoms with Crippen LogP contribution in [0, 0.1) is 0 Å².